The number of ether oxygens (including phenoxy) is 2. The molecule has 0 fully saturated rings. The minimum atomic E-state index is -0.454. The van der Waals surface area contributed by atoms with Gasteiger partial charge in [-0.15, -0.1) is 0 Å². The SMILES string of the molecule is COC(=O)COc1cc(CN[C@H](C)c2cccc(Cl)c2)ccc1Cl. The third kappa shape index (κ3) is 5.41. The maximum Gasteiger partial charge on any atom is 0.343 e. The lowest BCUT2D eigenvalue weighted by Gasteiger charge is -2.15. The summed E-state index contributed by atoms with van der Waals surface area (Å²) in [6.45, 7) is 2.52. The molecule has 1 atom stereocenters. The predicted octanol–water partition coefficient (Wildman–Crippen LogP) is 4.40. The molecule has 0 amide bonds. The highest BCUT2D eigenvalue weighted by atomic mass is 35.5. The third-order valence-corrected chi connectivity index (χ3v) is 4.08. The van der Waals surface area contributed by atoms with E-state index in [0.29, 0.717) is 22.3 Å². The van der Waals surface area contributed by atoms with Gasteiger partial charge in [0.2, 0.25) is 0 Å². The van der Waals surface area contributed by atoms with Crippen LogP contribution in [0.4, 0.5) is 0 Å². The number of rotatable bonds is 7. The van der Waals surface area contributed by atoms with Crippen molar-refractivity contribution in [2.45, 2.75) is 19.5 Å². The molecule has 4 nitrogen and oxygen atoms in total. The van der Waals surface area contributed by atoms with Gasteiger partial charge in [-0.05, 0) is 42.3 Å². The van der Waals surface area contributed by atoms with Crippen molar-refractivity contribution in [2.75, 3.05) is 13.7 Å². The molecule has 0 aromatic heterocycles. The molecule has 0 aliphatic heterocycles. The van der Waals surface area contributed by atoms with Gasteiger partial charge in [0.05, 0.1) is 12.1 Å². The summed E-state index contributed by atoms with van der Waals surface area (Å²) in [5.74, 6) is 0.000878. The van der Waals surface area contributed by atoms with Crippen LogP contribution in [0.25, 0.3) is 0 Å². The minimum Gasteiger partial charge on any atom is -0.480 e. The second-order valence-electron chi connectivity index (χ2n) is 5.29. The molecule has 0 radical (unpaired) electrons. The van der Waals surface area contributed by atoms with Crippen molar-refractivity contribution in [3.05, 3.63) is 63.6 Å². The maximum absolute atomic E-state index is 11.2. The second-order valence-corrected chi connectivity index (χ2v) is 6.13. The molecule has 0 saturated carbocycles. The van der Waals surface area contributed by atoms with Crippen LogP contribution >= 0.6 is 23.2 Å². The first-order valence-electron chi connectivity index (χ1n) is 7.46. The molecule has 2 aromatic rings. The zero-order valence-corrected chi connectivity index (χ0v) is 15.0. The Kier molecular flexibility index (Phi) is 6.91. The topological polar surface area (TPSA) is 47.6 Å². The van der Waals surface area contributed by atoms with Gasteiger partial charge in [-0.1, -0.05) is 41.4 Å². The summed E-state index contributed by atoms with van der Waals surface area (Å²) in [4.78, 5) is 11.2. The highest BCUT2D eigenvalue weighted by molar-refractivity contribution is 6.32. The highest BCUT2D eigenvalue weighted by Gasteiger charge is 2.09. The molecule has 0 spiro atoms. The normalized spacial score (nSPS) is 11.8. The average molecular weight is 368 g/mol. The monoisotopic (exact) mass is 367 g/mol. The molecule has 128 valence electrons. The third-order valence-electron chi connectivity index (χ3n) is 3.53. The van der Waals surface area contributed by atoms with Crippen molar-refractivity contribution >= 4 is 29.2 Å². The van der Waals surface area contributed by atoms with E-state index < -0.39 is 5.97 Å². The number of halogens is 2. The van der Waals surface area contributed by atoms with E-state index in [9.17, 15) is 4.79 Å². The lowest BCUT2D eigenvalue weighted by molar-refractivity contribution is -0.142. The number of nitrogens with one attached hydrogen (secondary N) is 1. The zero-order valence-electron chi connectivity index (χ0n) is 13.5. The van der Waals surface area contributed by atoms with E-state index in [1.54, 1.807) is 6.07 Å². The Bertz CT molecular complexity index is 706. The standard InChI is InChI=1S/C18H19Cl2NO3/c1-12(14-4-3-5-15(19)9-14)21-10-13-6-7-16(20)17(8-13)24-11-18(22)23-2/h3-9,12,21H,10-11H2,1-2H3/t12-/m1/s1. The van der Waals surface area contributed by atoms with E-state index in [4.69, 9.17) is 27.9 Å². The van der Waals surface area contributed by atoms with Gasteiger partial charge in [0.1, 0.15) is 5.75 Å². The quantitative estimate of drug-likeness (QED) is 0.736. The summed E-state index contributed by atoms with van der Waals surface area (Å²) in [7, 11) is 1.31. The smallest absolute Gasteiger partial charge is 0.343 e. The Balaban J connectivity index is 1.98. The van der Waals surface area contributed by atoms with E-state index in [-0.39, 0.29) is 12.6 Å². The van der Waals surface area contributed by atoms with Crippen LogP contribution in [0.15, 0.2) is 42.5 Å². The number of carbonyl (C=O) groups excluding carboxylic acids is 1. The number of methoxy groups -OCH3 is 1. The fraction of sp³-hybridized carbons (Fsp3) is 0.278. The van der Waals surface area contributed by atoms with E-state index >= 15 is 0 Å². The Morgan fingerprint density at radius 2 is 2.00 bits per heavy atom. The minimum absolute atomic E-state index is 0.138. The lowest BCUT2D eigenvalue weighted by atomic mass is 10.1. The largest absolute Gasteiger partial charge is 0.480 e. The summed E-state index contributed by atoms with van der Waals surface area (Å²) < 4.78 is 9.94. The molecule has 2 rings (SSSR count). The first-order chi connectivity index (χ1) is 11.5. The molecule has 2 aromatic carbocycles. The number of hydrogen-bond donors (Lipinski definition) is 1. The van der Waals surface area contributed by atoms with E-state index in [1.807, 2.05) is 36.4 Å². The summed E-state index contributed by atoms with van der Waals surface area (Å²) in [6.07, 6.45) is 0. The van der Waals surface area contributed by atoms with Gasteiger partial charge in [-0.25, -0.2) is 4.79 Å². The van der Waals surface area contributed by atoms with Crippen molar-refractivity contribution in [1.82, 2.24) is 5.32 Å². The van der Waals surface area contributed by atoms with Crippen LogP contribution in [-0.4, -0.2) is 19.7 Å². The number of benzene rings is 2. The van der Waals surface area contributed by atoms with Crippen LogP contribution in [0.5, 0.6) is 5.75 Å². The molecular formula is C18H19Cl2NO3. The molecule has 0 unspecified atom stereocenters. The Morgan fingerprint density at radius 1 is 1.21 bits per heavy atom. The Hall–Kier alpha value is -1.75. The Morgan fingerprint density at radius 3 is 2.71 bits per heavy atom. The van der Waals surface area contributed by atoms with Gasteiger partial charge in [0, 0.05) is 17.6 Å². The fourth-order valence-corrected chi connectivity index (χ4v) is 2.50. The second kappa shape index (κ2) is 8.92. The summed E-state index contributed by atoms with van der Waals surface area (Å²) in [5.41, 5.74) is 2.10. The van der Waals surface area contributed by atoms with Crippen LogP contribution in [0.1, 0.15) is 24.1 Å². The summed E-state index contributed by atoms with van der Waals surface area (Å²) >= 11 is 12.1. The van der Waals surface area contributed by atoms with Gasteiger partial charge < -0.3 is 14.8 Å². The molecule has 0 saturated heterocycles. The van der Waals surface area contributed by atoms with E-state index in [1.165, 1.54) is 7.11 Å². The first kappa shape index (κ1) is 18.6. The van der Waals surface area contributed by atoms with Crippen LogP contribution in [0, 0.1) is 0 Å². The van der Waals surface area contributed by atoms with Gasteiger partial charge in [0.25, 0.3) is 0 Å². The fourth-order valence-electron chi connectivity index (χ4n) is 2.13. The Labute approximate surface area is 151 Å². The summed E-state index contributed by atoms with van der Waals surface area (Å²) in [5, 5.41) is 4.58. The molecule has 0 aliphatic carbocycles. The van der Waals surface area contributed by atoms with Crippen molar-refractivity contribution in [3.63, 3.8) is 0 Å². The number of carbonyl (C=O) groups is 1. The number of hydrogen-bond acceptors (Lipinski definition) is 4. The van der Waals surface area contributed by atoms with Gasteiger partial charge in [-0.2, -0.15) is 0 Å². The van der Waals surface area contributed by atoms with Gasteiger partial charge in [-0.3, -0.25) is 0 Å². The predicted molar refractivity (Wildman–Crippen MR) is 95.7 cm³/mol. The van der Waals surface area contributed by atoms with Crippen molar-refractivity contribution in [3.8, 4) is 5.75 Å². The molecule has 24 heavy (non-hydrogen) atoms. The van der Waals surface area contributed by atoms with Crippen LogP contribution < -0.4 is 10.1 Å². The average Bonchev–Trinajstić information content (AvgIpc) is 2.59. The highest BCUT2D eigenvalue weighted by Crippen LogP contribution is 2.26. The number of esters is 1. The molecule has 1 N–H and O–H groups in total. The molecular weight excluding hydrogens is 349 g/mol. The van der Waals surface area contributed by atoms with Crippen molar-refractivity contribution in [1.29, 1.82) is 0 Å². The van der Waals surface area contributed by atoms with Crippen molar-refractivity contribution in [2.24, 2.45) is 0 Å². The van der Waals surface area contributed by atoms with Crippen LogP contribution in [0.3, 0.4) is 0 Å². The van der Waals surface area contributed by atoms with Gasteiger partial charge in [0.15, 0.2) is 6.61 Å². The van der Waals surface area contributed by atoms with Gasteiger partial charge >= 0.3 is 5.97 Å². The zero-order chi connectivity index (χ0) is 17.5. The maximum atomic E-state index is 11.2. The van der Waals surface area contributed by atoms with Crippen LogP contribution in [-0.2, 0) is 16.1 Å². The molecule has 0 bridgehead atoms. The van der Waals surface area contributed by atoms with E-state index in [0.717, 1.165) is 11.1 Å². The van der Waals surface area contributed by atoms with E-state index in [2.05, 4.69) is 17.0 Å². The lowest BCUT2D eigenvalue weighted by Crippen LogP contribution is -2.18. The molecule has 6 heteroatoms. The summed E-state index contributed by atoms with van der Waals surface area (Å²) in [6, 6.07) is 13.3. The first-order valence-corrected chi connectivity index (χ1v) is 8.22. The molecule has 0 aliphatic rings. The van der Waals surface area contributed by atoms with Crippen molar-refractivity contribution < 1.29 is 14.3 Å². The van der Waals surface area contributed by atoms with Crippen LogP contribution in [0.2, 0.25) is 10.0 Å². The molecule has 0 heterocycles.